The molecular weight excluding hydrogens is 302 g/mol. The molecule has 1 aliphatic carbocycles. The van der Waals surface area contributed by atoms with Crippen LogP contribution in [0.1, 0.15) is 37.4 Å². The highest BCUT2D eigenvalue weighted by atomic mass is 32.2. The van der Waals surface area contributed by atoms with Crippen LogP contribution in [0.5, 0.6) is 0 Å². The van der Waals surface area contributed by atoms with Gasteiger partial charge >= 0.3 is 0 Å². The lowest BCUT2D eigenvalue weighted by atomic mass is 9.99. The number of hydrogen-bond acceptors (Lipinski definition) is 4. The zero-order valence-corrected chi connectivity index (χ0v) is 14.2. The molecule has 0 radical (unpaired) electrons. The summed E-state index contributed by atoms with van der Waals surface area (Å²) in [7, 11) is -1.70. The molecule has 6 nitrogen and oxygen atoms in total. The Balaban J connectivity index is 1.84. The summed E-state index contributed by atoms with van der Waals surface area (Å²) in [6.07, 6.45) is 4.75. The van der Waals surface area contributed by atoms with Gasteiger partial charge in [-0.1, -0.05) is 0 Å². The minimum Gasteiger partial charge on any atom is -0.381 e. The smallest absolute Gasteiger partial charge is 0.260 e. The molecule has 1 aromatic heterocycles. The molecule has 1 atom stereocenters. The normalized spacial score (nSPS) is 22.9. The molecule has 0 bridgehead atoms. The van der Waals surface area contributed by atoms with Crippen molar-refractivity contribution in [3.8, 4) is 0 Å². The van der Waals surface area contributed by atoms with Crippen LogP contribution in [0.15, 0.2) is 5.03 Å². The quantitative estimate of drug-likeness (QED) is 0.819. The van der Waals surface area contributed by atoms with Gasteiger partial charge in [-0.25, -0.2) is 8.42 Å². The predicted octanol–water partition coefficient (Wildman–Crippen LogP) is 1.35. The summed E-state index contributed by atoms with van der Waals surface area (Å²) in [5.41, 5.74) is 1.92. The van der Waals surface area contributed by atoms with E-state index in [4.69, 9.17) is 4.74 Å². The van der Waals surface area contributed by atoms with E-state index >= 15 is 0 Å². The number of aromatic nitrogens is 2. The maximum Gasteiger partial charge on any atom is 0.260 e. The topological polar surface area (TPSA) is 64.4 Å². The minimum atomic E-state index is -3.45. The van der Waals surface area contributed by atoms with Crippen molar-refractivity contribution in [1.29, 1.82) is 0 Å². The van der Waals surface area contributed by atoms with Crippen LogP contribution in [0, 0.1) is 5.92 Å². The summed E-state index contributed by atoms with van der Waals surface area (Å²) in [5.74, 6) is 0.304. The summed E-state index contributed by atoms with van der Waals surface area (Å²) < 4.78 is 34.7. The Morgan fingerprint density at radius 2 is 2.09 bits per heavy atom. The third-order valence-electron chi connectivity index (χ3n) is 4.65. The number of nitrogens with zero attached hydrogens (tertiary/aromatic N) is 3. The fraction of sp³-hybridized carbons (Fsp3) is 0.800. The van der Waals surface area contributed by atoms with E-state index < -0.39 is 10.0 Å². The summed E-state index contributed by atoms with van der Waals surface area (Å²) >= 11 is 0. The molecule has 124 valence electrons. The third-order valence-corrected chi connectivity index (χ3v) is 6.66. The van der Waals surface area contributed by atoms with E-state index in [-0.39, 0.29) is 0 Å². The van der Waals surface area contributed by atoms with E-state index in [0.717, 1.165) is 43.4 Å². The van der Waals surface area contributed by atoms with Crippen molar-refractivity contribution < 1.29 is 13.2 Å². The number of hydrogen-bond donors (Lipinski definition) is 0. The molecule has 1 unspecified atom stereocenters. The summed E-state index contributed by atoms with van der Waals surface area (Å²) in [6.45, 7) is 4.43. The lowest BCUT2D eigenvalue weighted by Crippen LogP contribution is -2.31. The number of rotatable bonds is 5. The summed E-state index contributed by atoms with van der Waals surface area (Å²) in [5, 5.41) is 4.86. The molecule has 22 heavy (non-hydrogen) atoms. The van der Waals surface area contributed by atoms with E-state index in [9.17, 15) is 8.42 Å². The van der Waals surface area contributed by atoms with Gasteiger partial charge in [0, 0.05) is 32.3 Å². The van der Waals surface area contributed by atoms with Crippen LogP contribution in [-0.4, -0.2) is 48.8 Å². The van der Waals surface area contributed by atoms with Crippen molar-refractivity contribution in [2.24, 2.45) is 13.0 Å². The van der Waals surface area contributed by atoms with Gasteiger partial charge in [0.05, 0.1) is 12.3 Å². The van der Waals surface area contributed by atoms with Gasteiger partial charge in [-0.2, -0.15) is 9.40 Å². The van der Waals surface area contributed by atoms with Crippen LogP contribution in [0.4, 0.5) is 0 Å². The Labute approximate surface area is 132 Å². The van der Waals surface area contributed by atoms with Gasteiger partial charge < -0.3 is 4.74 Å². The molecular formula is C15H25N3O3S. The lowest BCUT2D eigenvalue weighted by molar-refractivity contribution is 0.115. The molecule has 0 N–H and O–H groups in total. The van der Waals surface area contributed by atoms with Crippen molar-refractivity contribution >= 4 is 10.0 Å². The van der Waals surface area contributed by atoms with E-state index in [1.54, 1.807) is 16.0 Å². The van der Waals surface area contributed by atoms with Crippen LogP contribution in [0.2, 0.25) is 0 Å². The summed E-state index contributed by atoms with van der Waals surface area (Å²) in [4.78, 5) is 0. The van der Waals surface area contributed by atoms with Crippen molar-refractivity contribution in [1.82, 2.24) is 14.1 Å². The van der Waals surface area contributed by atoms with E-state index in [1.807, 2.05) is 6.92 Å². The fourth-order valence-electron chi connectivity index (χ4n) is 3.53. The fourth-order valence-corrected chi connectivity index (χ4v) is 5.44. The highest BCUT2D eigenvalue weighted by Crippen LogP contribution is 2.31. The monoisotopic (exact) mass is 327 g/mol. The van der Waals surface area contributed by atoms with Gasteiger partial charge in [-0.15, -0.1) is 0 Å². The first-order valence-corrected chi connectivity index (χ1v) is 9.60. The highest BCUT2D eigenvalue weighted by Gasteiger charge is 2.37. The maximum atomic E-state index is 13.0. The van der Waals surface area contributed by atoms with Crippen molar-refractivity contribution in [3.63, 3.8) is 0 Å². The molecule has 1 aromatic rings. The van der Waals surface area contributed by atoms with Crippen LogP contribution in [-0.2, 0) is 34.6 Å². The SMILES string of the molecule is CCOCC1CCN(S(=O)(=O)c2c3c(nn2C)CCCC3)C1. The second-order valence-electron chi connectivity index (χ2n) is 6.24. The molecule has 0 aromatic carbocycles. The van der Waals surface area contributed by atoms with Gasteiger partial charge in [-0.05, 0) is 44.9 Å². The molecule has 7 heteroatoms. The molecule has 0 saturated carbocycles. The molecule has 1 saturated heterocycles. The molecule has 0 amide bonds. The first-order chi connectivity index (χ1) is 10.5. The van der Waals surface area contributed by atoms with Gasteiger partial charge in [0.1, 0.15) is 0 Å². The molecule has 1 fully saturated rings. The van der Waals surface area contributed by atoms with Gasteiger partial charge in [0.25, 0.3) is 10.0 Å². The van der Waals surface area contributed by atoms with Gasteiger partial charge in [0.2, 0.25) is 0 Å². The van der Waals surface area contributed by atoms with Crippen molar-refractivity contribution in [2.45, 2.75) is 44.1 Å². The Morgan fingerprint density at radius 1 is 1.32 bits per heavy atom. The first kappa shape index (κ1) is 16.0. The van der Waals surface area contributed by atoms with Crippen molar-refractivity contribution in [3.05, 3.63) is 11.3 Å². The Hall–Kier alpha value is -0.920. The predicted molar refractivity (Wildman–Crippen MR) is 83.2 cm³/mol. The second kappa shape index (κ2) is 6.29. The largest absolute Gasteiger partial charge is 0.381 e. The minimum absolute atomic E-state index is 0.304. The lowest BCUT2D eigenvalue weighted by Gasteiger charge is -2.19. The molecule has 2 aliphatic rings. The zero-order valence-electron chi connectivity index (χ0n) is 13.4. The van der Waals surface area contributed by atoms with Crippen LogP contribution in [0.25, 0.3) is 0 Å². The Bertz CT molecular complexity index is 639. The Morgan fingerprint density at radius 3 is 2.86 bits per heavy atom. The molecule has 3 rings (SSSR count). The zero-order chi connectivity index (χ0) is 15.7. The van der Waals surface area contributed by atoms with Gasteiger partial charge in [0.15, 0.2) is 5.03 Å². The van der Waals surface area contributed by atoms with Crippen LogP contribution < -0.4 is 0 Å². The van der Waals surface area contributed by atoms with Crippen LogP contribution in [0.3, 0.4) is 0 Å². The van der Waals surface area contributed by atoms with E-state index in [2.05, 4.69) is 5.10 Å². The second-order valence-corrected chi connectivity index (χ2v) is 8.09. The van der Waals surface area contributed by atoms with Crippen molar-refractivity contribution in [2.75, 3.05) is 26.3 Å². The van der Waals surface area contributed by atoms with E-state index in [1.165, 1.54) is 0 Å². The number of fused-ring (bicyclic) bond motifs is 1. The van der Waals surface area contributed by atoms with Gasteiger partial charge in [-0.3, -0.25) is 4.68 Å². The maximum absolute atomic E-state index is 13.0. The standard InChI is InChI=1S/C15H25N3O3S/c1-3-21-11-12-8-9-18(10-12)22(19,20)15-13-6-4-5-7-14(13)16-17(15)2/h12H,3-11H2,1-2H3. The van der Waals surface area contributed by atoms with Crippen LogP contribution >= 0.6 is 0 Å². The first-order valence-electron chi connectivity index (χ1n) is 8.16. The highest BCUT2D eigenvalue weighted by molar-refractivity contribution is 7.89. The molecule has 1 aliphatic heterocycles. The average molecular weight is 327 g/mol. The molecule has 0 spiro atoms. The Kier molecular flexibility index (Phi) is 4.56. The summed E-state index contributed by atoms with van der Waals surface area (Å²) in [6, 6.07) is 0. The third kappa shape index (κ3) is 2.81. The molecule has 2 heterocycles. The number of sulfonamides is 1. The average Bonchev–Trinajstić information content (AvgIpc) is 3.08. The number of aryl methyl sites for hydroxylation is 2. The van der Waals surface area contributed by atoms with E-state index in [0.29, 0.717) is 37.2 Å². The number of ether oxygens (including phenoxy) is 1.